The van der Waals surface area contributed by atoms with Gasteiger partial charge in [0.05, 0.1) is 5.69 Å². The van der Waals surface area contributed by atoms with Gasteiger partial charge in [-0.2, -0.15) is 0 Å². The van der Waals surface area contributed by atoms with Crippen LogP contribution in [0, 0.1) is 0 Å². The van der Waals surface area contributed by atoms with Crippen LogP contribution in [-0.2, 0) is 5.54 Å². The number of hydrogen-bond acceptors (Lipinski definition) is 2. The summed E-state index contributed by atoms with van der Waals surface area (Å²) in [5, 5.41) is 0. The van der Waals surface area contributed by atoms with Gasteiger partial charge in [0.1, 0.15) is 5.54 Å². The Kier molecular flexibility index (Phi) is 3.99. The highest BCUT2D eigenvalue weighted by Gasteiger charge is 2.39. The summed E-state index contributed by atoms with van der Waals surface area (Å²) >= 11 is 0. The fourth-order valence-corrected chi connectivity index (χ4v) is 4.11. The van der Waals surface area contributed by atoms with Crippen LogP contribution in [0.2, 0.25) is 0 Å². The van der Waals surface area contributed by atoms with Crippen LogP contribution >= 0.6 is 0 Å². The van der Waals surface area contributed by atoms with E-state index in [4.69, 9.17) is 0 Å². The van der Waals surface area contributed by atoms with Crippen LogP contribution in [0.4, 0.5) is 0 Å². The molecule has 0 radical (unpaired) electrons. The maximum absolute atomic E-state index is 4.46. The summed E-state index contributed by atoms with van der Waals surface area (Å²) in [4.78, 5) is 8.91. The molecule has 0 spiro atoms. The molecular formula is C25H19N3. The molecule has 0 unspecified atom stereocenters. The summed E-state index contributed by atoms with van der Waals surface area (Å²) in [6.07, 6.45) is 5.70. The zero-order valence-corrected chi connectivity index (χ0v) is 15.3. The molecule has 0 fully saturated rings. The van der Waals surface area contributed by atoms with E-state index in [0.717, 1.165) is 11.5 Å². The van der Waals surface area contributed by atoms with E-state index in [9.17, 15) is 0 Å². The molecule has 0 N–H and O–H groups in total. The van der Waals surface area contributed by atoms with Gasteiger partial charge in [0.2, 0.25) is 0 Å². The topological polar surface area (TPSA) is 30.7 Å². The van der Waals surface area contributed by atoms with Gasteiger partial charge in [-0.15, -0.1) is 0 Å². The molecule has 2 aliphatic heterocycles. The molecular weight excluding hydrogens is 342 g/mol. The van der Waals surface area contributed by atoms with Crippen molar-refractivity contribution >= 4 is 0 Å². The van der Waals surface area contributed by atoms with E-state index in [1.165, 1.54) is 16.7 Å². The predicted molar refractivity (Wildman–Crippen MR) is 111 cm³/mol. The third-order valence-corrected chi connectivity index (χ3v) is 5.27. The Hall–Kier alpha value is -3.72. The molecule has 3 nitrogen and oxygen atoms in total. The van der Waals surface area contributed by atoms with Gasteiger partial charge in [-0.05, 0) is 22.8 Å². The normalized spacial score (nSPS) is 11.6. The van der Waals surface area contributed by atoms with E-state index in [2.05, 4.69) is 112 Å². The predicted octanol–water partition coefficient (Wildman–Crippen LogP) is 5.22. The molecule has 28 heavy (non-hydrogen) atoms. The summed E-state index contributed by atoms with van der Waals surface area (Å²) in [6, 6.07) is 33.9. The van der Waals surface area contributed by atoms with Crippen LogP contribution in [0.15, 0.2) is 116 Å². The molecule has 0 bridgehead atoms. The standard InChI is InChI=1S/C25H19N3/c1-4-10-20(11-5-1)25(21-12-6-2-7-13-21,22-14-8-3-9-15-22)28-19-18-27-24-23(28)16-17-26-24/h1-19H. The zero-order valence-electron chi connectivity index (χ0n) is 15.3. The van der Waals surface area contributed by atoms with E-state index in [0.29, 0.717) is 0 Å². The van der Waals surface area contributed by atoms with Crippen molar-refractivity contribution in [2.45, 2.75) is 5.54 Å². The van der Waals surface area contributed by atoms with E-state index in [1.807, 2.05) is 18.5 Å². The number of fused-ring (bicyclic) bond motifs is 1. The first-order chi connectivity index (χ1) is 13.9. The van der Waals surface area contributed by atoms with Gasteiger partial charge in [-0.25, -0.2) is 9.97 Å². The molecule has 0 amide bonds. The molecule has 3 heteroatoms. The third-order valence-electron chi connectivity index (χ3n) is 5.27. The largest absolute Gasteiger partial charge is 0.325 e. The average Bonchev–Trinajstić information content (AvgIpc) is 3.26. The van der Waals surface area contributed by atoms with Gasteiger partial charge >= 0.3 is 0 Å². The molecule has 0 saturated heterocycles. The van der Waals surface area contributed by atoms with Crippen molar-refractivity contribution in [3.63, 3.8) is 0 Å². The van der Waals surface area contributed by atoms with Gasteiger partial charge in [0.15, 0.2) is 5.82 Å². The van der Waals surface area contributed by atoms with Gasteiger partial charge in [0, 0.05) is 18.6 Å². The third kappa shape index (κ3) is 2.44. The number of rotatable bonds is 4. The minimum absolute atomic E-state index is 0.541. The second-order valence-electron chi connectivity index (χ2n) is 6.76. The van der Waals surface area contributed by atoms with E-state index in [-0.39, 0.29) is 0 Å². The van der Waals surface area contributed by atoms with Crippen molar-refractivity contribution in [2.75, 3.05) is 0 Å². The minimum Gasteiger partial charge on any atom is -0.325 e. The molecule has 134 valence electrons. The first-order valence-electron chi connectivity index (χ1n) is 9.36. The summed E-state index contributed by atoms with van der Waals surface area (Å²) in [5.74, 6) is 0.745. The lowest BCUT2D eigenvalue weighted by molar-refractivity contribution is 0.515. The summed E-state index contributed by atoms with van der Waals surface area (Å²) in [7, 11) is 0. The lowest BCUT2D eigenvalue weighted by atomic mass is 9.76. The van der Waals surface area contributed by atoms with Crippen LogP contribution in [-0.4, -0.2) is 14.5 Å². The Morgan fingerprint density at radius 2 is 1.00 bits per heavy atom. The Morgan fingerprint density at radius 3 is 1.50 bits per heavy atom. The Balaban J connectivity index is 1.96. The van der Waals surface area contributed by atoms with Crippen molar-refractivity contribution in [3.8, 4) is 11.5 Å². The van der Waals surface area contributed by atoms with E-state index in [1.54, 1.807) is 0 Å². The number of aromatic nitrogens is 3. The second kappa shape index (κ2) is 6.78. The summed E-state index contributed by atoms with van der Waals surface area (Å²) < 4.78 is 2.29. The molecule has 0 aliphatic carbocycles. The van der Waals surface area contributed by atoms with Gasteiger partial charge in [-0.3, -0.25) is 0 Å². The minimum atomic E-state index is -0.541. The fourth-order valence-electron chi connectivity index (χ4n) is 4.11. The Bertz CT molecular complexity index is 1050. The molecule has 3 aromatic rings. The lowest BCUT2D eigenvalue weighted by Crippen LogP contribution is -2.38. The summed E-state index contributed by atoms with van der Waals surface area (Å²) in [5.41, 5.74) is 4.02. The molecule has 0 atom stereocenters. The van der Waals surface area contributed by atoms with Crippen molar-refractivity contribution < 1.29 is 0 Å². The first-order valence-corrected chi connectivity index (χ1v) is 9.36. The van der Waals surface area contributed by atoms with Crippen LogP contribution in [0.5, 0.6) is 0 Å². The molecule has 0 aromatic heterocycles. The average molecular weight is 361 g/mol. The zero-order chi connectivity index (χ0) is 18.8. The van der Waals surface area contributed by atoms with Crippen LogP contribution < -0.4 is 0 Å². The van der Waals surface area contributed by atoms with E-state index < -0.39 is 5.54 Å². The van der Waals surface area contributed by atoms with Crippen molar-refractivity contribution in [3.05, 3.63) is 132 Å². The fraction of sp³-hybridized carbons (Fsp3) is 0.0400. The SMILES string of the molecule is c1ccc(C(c2ccccc2)(c2ccccc2)n2ccnc3nccc2-3)cc1. The van der Waals surface area contributed by atoms with Gasteiger partial charge in [0.25, 0.3) is 0 Å². The highest BCUT2D eigenvalue weighted by atomic mass is 15.1. The smallest absolute Gasteiger partial charge is 0.176 e. The molecule has 2 heterocycles. The summed E-state index contributed by atoms with van der Waals surface area (Å²) in [6.45, 7) is 0. The molecule has 3 aromatic carbocycles. The van der Waals surface area contributed by atoms with Crippen LogP contribution in [0.1, 0.15) is 16.7 Å². The number of hydrogen-bond donors (Lipinski definition) is 0. The van der Waals surface area contributed by atoms with Crippen LogP contribution in [0.25, 0.3) is 11.5 Å². The maximum Gasteiger partial charge on any atom is 0.176 e. The Labute approximate surface area is 164 Å². The quantitative estimate of drug-likeness (QED) is 0.411. The first kappa shape index (κ1) is 16.5. The molecule has 0 saturated carbocycles. The number of benzene rings is 3. The van der Waals surface area contributed by atoms with Crippen molar-refractivity contribution in [1.29, 1.82) is 0 Å². The van der Waals surface area contributed by atoms with E-state index >= 15 is 0 Å². The molecule has 2 aliphatic rings. The molecule has 5 rings (SSSR count). The highest BCUT2D eigenvalue weighted by Crippen LogP contribution is 2.42. The highest BCUT2D eigenvalue weighted by molar-refractivity contribution is 5.58. The van der Waals surface area contributed by atoms with Gasteiger partial charge in [-0.1, -0.05) is 91.0 Å². The maximum atomic E-state index is 4.46. The second-order valence-corrected chi connectivity index (χ2v) is 6.76. The van der Waals surface area contributed by atoms with Crippen LogP contribution in [0.3, 0.4) is 0 Å². The van der Waals surface area contributed by atoms with Gasteiger partial charge < -0.3 is 4.57 Å². The number of nitrogens with zero attached hydrogens (tertiary/aromatic N) is 3. The van der Waals surface area contributed by atoms with Crippen molar-refractivity contribution in [2.24, 2.45) is 0 Å². The Morgan fingerprint density at radius 1 is 0.536 bits per heavy atom. The van der Waals surface area contributed by atoms with Crippen molar-refractivity contribution in [1.82, 2.24) is 14.5 Å². The monoisotopic (exact) mass is 361 g/mol. The lowest BCUT2D eigenvalue weighted by Gasteiger charge is -2.39.